The molecule has 4 heterocycles. The molecule has 1 saturated heterocycles. The van der Waals surface area contributed by atoms with Gasteiger partial charge in [-0.25, -0.2) is 4.98 Å². The van der Waals surface area contributed by atoms with E-state index in [0.717, 1.165) is 36.8 Å². The molecule has 8 heteroatoms. The second kappa shape index (κ2) is 7.30. The second-order valence-electron chi connectivity index (χ2n) is 5.88. The highest BCUT2D eigenvalue weighted by molar-refractivity contribution is 7.13. The highest BCUT2D eigenvalue weighted by atomic mass is 32.1. The van der Waals surface area contributed by atoms with Crippen LogP contribution >= 0.6 is 11.3 Å². The van der Waals surface area contributed by atoms with Gasteiger partial charge in [0.2, 0.25) is 0 Å². The molecule has 0 amide bonds. The molecule has 0 saturated carbocycles. The van der Waals surface area contributed by atoms with Gasteiger partial charge in [0.25, 0.3) is 0 Å². The maximum atomic E-state index is 5.95. The van der Waals surface area contributed by atoms with Gasteiger partial charge in [0.1, 0.15) is 17.6 Å². The van der Waals surface area contributed by atoms with Crippen LogP contribution in [0, 0.1) is 0 Å². The first-order valence-electron chi connectivity index (χ1n) is 8.24. The number of aromatic nitrogens is 4. The summed E-state index contributed by atoms with van der Waals surface area (Å²) in [7, 11) is 1.85. The van der Waals surface area contributed by atoms with E-state index < -0.39 is 0 Å². The molecule has 2 N–H and O–H groups in total. The number of hydrogen-bond acceptors (Lipinski definition) is 7. The van der Waals surface area contributed by atoms with Gasteiger partial charge in [0.15, 0.2) is 0 Å². The summed E-state index contributed by atoms with van der Waals surface area (Å²) in [6.45, 7) is 3.18. The quantitative estimate of drug-likeness (QED) is 0.731. The second-order valence-corrected chi connectivity index (χ2v) is 6.83. The number of morpholine rings is 1. The lowest BCUT2D eigenvalue weighted by Gasteiger charge is -2.32. The van der Waals surface area contributed by atoms with Crippen LogP contribution in [-0.4, -0.2) is 51.8 Å². The molecule has 1 aliphatic heterocycles. The summed E-state index contributed by atoms with van der Waals surface area (Å²) in [5.74, 6) is 0.775. The fourth-order valence-corrected chi connectivity index (χ4v) is 3.85. The van der Waals surface area contributed by atoms with E-state index in [0.29, 0.717) is 6.61 Å². The predicted molar refractivity (Wildman–Crippen MR) is 97.4 cm³/mol. The van der Waals surface area contributed by atoms with Crippen LogP contribution in [0.25, 0.3) is 10.6 Å². The standard InChI is InChI=1S/C17H20N6OS/c1-18-17-16(19-4-5-20-17)13-11-23(6-7-24-13)10-12-9-21-22-15(12)14-3-2-8-25-14/h2-5,8-9,13H,6-7,10-11H2,1H3,(H,18,20)(H,21,22)/t13-/m0/s1. The highest BCUT2D eigenvalue weighted by Crippen LogP contribution is 2.29. The first-order valence-corrected chi connectivity index (χ1v) is 9.12. The molecule has 1 atom stereocenters. The van der Waals surface area contributed by atoms with Crippen molar-refractivity contribution in [1.29, 1.82) is 0 Å². The lowest BCUT2D eigenvalue weighted by molar-refractivity contribution is -0.0347. The van der Waals surface area contributed by atoms with Crippen molar-refractivity contribution in [3.63, 3.8) is 0 Å². The Labute approximate surface area is 150 Å². The normalized spacial score (nSPS) is 18.4. The molecule has 4 rings (SSSR count). The Kier molecular flexibility index (Phi) is 4.73. The van der Waals surface area contributed by atoms with Crippen molar-refractivity contribution in [2.45, 2.75) is 12.6 Å². The zero-order valence-electron chi connectivity index (χ0n) is 14.0. The largest absolute Gasteiger partial charge is 0.372 e. The van der Waals surface area contributed by atoms with Gasteiger partial charge in [0, 0.05) is 44.6 Å². The third-order valence-corrected chi connectivity index (χ3v) is 5.19. The van der Waals surface area contributed by atoms with E-state index >= 15 is 0 Å². The van der Waals surface area contributed by atoms with E-state index in [1.807, 2.05) is 13.2 Å². The predicted octanol–water partition coefficient (Wildman–Crippen LogP) is 2.54. The van der Waals surface area contributed by atoms with Crippen molar-refractivity contribution < 1.29 is 4.74 Å². The average molecular weight is 356 g/mol. The van der Waals surface area contributed by atoms with Gasteiger partial charge in [-0.3, -0.25) is 15.0 Å². The van der Waals surface area contributed by atoms with Crippen molar-refractivity contribution in [2.24, 2.45) is 0 Å². The maximum absolute atomic E-state index is 5.95. The molecule has 7 nitrogen and oxygen atoms in total. The van der Waals surface area contributed by atoms with Crippen molar-refractivity contribution in [3.05, 3.63) is 47.4 Å². The van der Waals surface area contributed by atoms with Crippen molar-refractivity contribution in [1.82, 2.24) is 25.1 Å². The highest BCUT2D eigenvalue weighted by Gasteiger charge is 2.26. The van der Waals surface area contributed by atoms with Crippen LogP contribution in [0.15, 0.2) is 36.1 Å². The van der Waals surface area contributed by atoms with Crippen LogP contribution in [-0.2, 0) is 11.3 Å². The molecule has 3 aromatic rings. The van der Waals surface area contributed by atoms with Crippen molar-refractivity contribution in [2.75, 3.05) is 32.1 Å². The smallest absolute Gasteiger partial charge is 0.150 e. The van der Waals surface area contributed by atoms with Gasteiger partial charge in [-0.1, -0.05) is 6.07 Å². The fraction of sp³-hybridized carbons (Fsp3) is 0.353. The summed E-state index contributed by atoms with van der Waals surface area (Å²) in [5.41, 5.74) is 3.17. The lowest BCUT2D eigenvalue weighted by Crippen LogP contribution is -2.38. The first-order chi connectivity index (χ1) is 12.3. The summed E-state index contributed by atoms with van der Waals surface area (Å²) in [6.07, 6.45) is 5.24. The Bertz CT molecular complexity index is 818. The maximum Gasteiger partial charge on any atom is 0.150 e. The number of rotatable bonds is 5. The van der Waals surface area contributed by atoms with E-state index in [1.54, 1.807) is 23.7 Å². The fourth-order valence-electron chi connectivity index (χ4n) is 3.09. The van der Waals surface area contributed by atoms with Crippen LogP contribution in [0.4, 0.5) is 5.82 Å². The molecular weight excluding hydrogens is 336 g/mol. The molecule has 3 aromatic heterocycles. The van der Waals surface area contributed by atoms with Crippen LogP contribution in [0.3, 0.4) is 0 Å². The van der Waals surface area contributed by atoms with E-state index in [4.69, 9.17) is 4.74 Å². The number of hydrogen-bond donors (Lipinski definition) is 2. The van der Waals surface area contributed by atoms with Gasteiger partial charge < -0.3 is 10.1 Å². The molecule has 1 aliphatic rings. The minimum Gasteiger partial charge on any atom is -0.372 e. The Morgan fingerprint density at radius 2 is 2.32 bits per heavy atom. The lowest BCUT2D eigenvalue weighted by atomic mass is 10.1. The Hall–Kier alpha value is -2.29. The van der Waals surface area contributed by atoms with Crippen LogP contribution in [0.2, 0.25) is 0 Å². The summed E-state index contributed by atoms with van der Waals surface area (Å²) in [5, 5.41) is 12.5. The third-order valence-electron chi connectivity index (χ3n) is 4.30. The number of H-pyrrole nitrogens is 1. The zero-order chi connectivity index (χ0) is 17.1. The molecule has 1 fully saturated rings. The molecule has 25 heavy (non-hydrogen) atoms. The molecule has 0 spiro atoms. The van der Waals surface area contributed by atoms with Crippen LogP contribution in [0.1, 0.15) is 17.4 Å². The summed E-state index contributed by atoms with van der Waals surface area (Å²) < 4.78 is 5.95. The number of anilines is 1. The van der Waals surface area contributed by atoms with Gasteiger partial charge in [-0.2, -0.15) is 5.10 Å². The summed E-state index contributed by atoms with van der Waals surface area (Å²) >= 11 is 1.72. The van der Waals surface area contributed by atoms with Crippen LogP contribution in [0.5, 0.6) is 0 Å². The Morgan fingerprint density at radius 1 is 1.40 bits per heavy atom. The van der Waals surface area contributed by atoms with E-state index in [1.165, 1.54) is 10.4 Å². The summed E-state index contributed by atoms with van der Waals surface area (Å²) in [4.78, 5) is 12.4. The molecule has 0 aliphatic carbocycles. The van der Waals surface area contributed by atoms with Crippen LogP contribution < -0.4 is 5.32 Å². The summed E-state index contributed by atoms with van der Waals surface area (Å²) in [6, 6.07) is 4.17. The minimum atomic E-state index is -0.0815. The van der Waals surface area contributed by atoms with Crippen molar-refractivity contribution in [3.8, 4) is 10.6 Å². The number of thiophene rings is 1. The van der Waals surface area contributed by atoms with Gasteiger partial charge in [-0.05, 0) is 11.4 Å². The third kappa shape index (κ3) is 3.41. The molecule has 130 valence electrons. The number of ether oxygens (including phenoxy) is 1. The monoisotopic (exact) mass is 356 g/mol. The molecule has 0 unspecified atom stereocenters. The molecular formula is C17H20N6OS. The molecule has 0 bridgehead atoms. The molecule has 0 aromatic carbocycles. The molecule has 0 radical (unpaired) electrons. The number of aromatic amines is 1. The minimum absolute atomic E-state index is 0.0815. The number of nitrogens with zero attached hydrogens (tertiary/aromatic N) is 4. The van der Waals surface area contributed by atoms with E-state index in [9.17, 15) is 0 Å². The zero-order valence-corrected chi connectivity index (χ0v) is 14.8. The SMILES string of the molecule is CNc1nccnc1[C@@H]1CN(Cc2cn[nH]c2-c2cccs2)CCO1. The topological polar surface area (TPSA) is 79.0 Å². The average Bonchev–Trinajstić information content (AvgIpc) is 3.33. The van der Waals surface area contributed by atoms with Gasteiger partial charge in [0.05, 0.1) is 23.4 Å². The van der Waals surface area contributed by atoms with Gasteiger partial charge in [-0.15, -0.1) is 11.3 Å². The van der Waals surface area contributed by atoms with E-state index in [2.05, 4.69) is 47.9 Å². The van der Waals surface area contributed by atoms with Gasteiger partial charge >= 0.3 is 0 Å². The first kappa shape index (κ1) is 16.2. The number of nitrogens with one attached hydrogen (secondary N) is 2. The Morgan fingerprint density at radius 3 is 3.16 bits per heavy atom. The Balaban J connectivity index is 1.50. The van der Waals surface area contributed by atoms with E-state index in [-0.39, 0.29) is 6.10 Å². The van der Waals surface area contributed by atoms with Crippen molar-refractivity contribution >= 4 is 17.2 Å².